The van der Waals surface area contributed by atoms with E-state index in [0.29, 0.717) is 43.7 Å². The lowest BCUT2D eigenvalue weighted by Gasteiger charge is -2.40. The van der Waals surface area contributed by atoms with E-state index in [0.717, 1.165) is 43.8 Å². The highest BCUT2D eigenvalue weighted by Gasteiger charge is 2.49. The van der Waals surface area contributed by atoms with Gasteiger partial charge < -0.3 is 25.0 Å². The number of hydrogen-bond donors (Lipinski definition) is 2. The molecule has 1 amide bonds. The van der Waals surface area contributed by atoms with Crippen LogP contribution < -0.4 is 10.1 Å². The van der Waals surface area contributed by atoms with Gasteiger partial charge in [0, 0.05) is 44.4 Å². The molecule has 1 saturated carbocycles. The summed E-state index contributed by atoms with van der Waals surface area (Å²) in [5, 5.41) is 12.8. The Kier molecular flexibility index (Phi) is 7.78. The summed E-state index contributed by atoms with van der Waals surface area (Å²) in [7, 11) is 1.68. The van der Waals surface area contributed by atoms with Gasteiger partial charge in [0.25, 0.3) is 0 Å². The molecule has 0 aromatic heterocycles. The molecule has 9 heteroatoms. The van der Waals surface area contributed by atoms with Gasteiger partial charge in [-0.15, -0.1) is 0 Å². The molecule has 1 aromatic carbocycles. The molecule has 0 spiro atoms. The Morgan fingerprint density at radius 3 is 2.71 bits per heavy atom. The zero-order chi connectivity index (χ0) is 26.9. The summed E-state index contributed by atoms with van der Waals surface area (Å²) in [6, 6.07) is 8.57. The molecule has 38 heavy (non-hydrogen) atoms. The SMILES string of the molecule is COc1cccc(C2CCN([C@@H]3CC[C@](CCO)(C(=O)N4CCC5=C(C=C(C(F)(F)F)CN5)C4)C3)CC2)c1. The average molecular weight is 534 g/mol. The molecule has 208 valence electrons. The van der Waals surface area contributed by atoms with Gasteiger partial charge in [-0.05, 0) is 86.9 Å². The molecule has 2 fully saturated rings. The number of carbonyl (C=O) groups excluding carboxylic acids is 1. The van der Waals surface area contributed by atoms with Crippen molar-refractivity contribution in [2.45, 2.75) is 63.1 Å². The van der Waals surface area contributed by atoms with E-state index in [-0.39, 0.29) is 31.6 Å². The summed E-state index contributed by atoms with van der Waals surface area (Å²) in [5.74, 6) is 1.35. The first kappa shape index (κ1) is 27.1. The van der Waals surface area contributed by atoms with Crippen LogP contribution in [0.5, 0.6) is 5.75 Å². The molecule has 2 N–H and O–H groups in total. The molecule has 2 atom stereocenters. The van der Waals surface area contributed by atoms with Crippen molar-refractivity contribution in [3.8, 4) is 5.75 Å². The van der Waals surface area contributed by atoms with E-state index in [4.69, 9.17) is 4.74 Å². The maximum absolute atomic E-state index is 13.9. The van der Waals surface area contributed by atoms with Crippen molar-refractivity contribution in [2.24, 2.45) is 5.41 Å². The van der Waals surface area contributed by atoms with Crippen LogP contribution in [-0.4, -0.2) is 79.5 Å². The molecule has 1 aromatic rings. The standard InChI is InChI=1S/C29H38F3N3O3/c1-38-25-4-2-3-21(16-25)20-6-11-34(12-7-20)24-5-9-28(17-24,10-14-36)27(37)35-13-8-26-22(19-35)15-23(18-33-26)29(30,31)32/h2-4,15-16,20,24,33,36H,5-14,17-19H2,1H3/t24-,28-/m1/s1. The van der Waals surface area contributed by atoms with Gasteiger partial charge in [-0.25, -0.2) is 0 Å². The molecular weight excluding hydrogens is 495 g/mol. The van der Waals surface area contributed by atoms with Crippen LogP contribution in [-0.2, 0) is 4.79 Å². The zero-order valence-corrected chi connectivity index (χ0v) is 22.0. The molecule has 0 radical (unpaired) electrons. The van der Waals surface area contributed by atoms with Crippen molar-refractivity contribution in [1.29, 1.82) is 0 Å². The summed E-state index contributed by atoms with van der Waals surface area (Å²) in [5.41, 5.74) is 1.41. The van der Waals surface area contributed by atoms with Crippen LogP contribution >= 0.6 is 0 Å². The first-order valence-corrected chi connectivity index (χ1v) is 13.7. The van der Waals surface area contributed by atoms with Crippen LogP contribution in [0.25, 0.3) is 0 Å². The zero-order valence-electron chi connectivity index (χ0n) is 22.0. The number of alkyl halides is 3. The maximum atomic E-state index is 13.9. The Balaban J connectivity index is 1.23. The van der Waals surface area contributed by atoms with E-state index in [9.17, 15) is 23.1 Å². The highest BCUT2D eigenvalue weighted by Crippen LogP contribution is 2.46. The second-order valence-corrected chi connectivity index (χ2v) is 11.2. The van der Waals surface area contributed by atoms with Crippen molar-refractivity contribution in [2.75, 3.05) is 46.4 Å². The van der Waals surface area contributed by atoms with Gasteiger partial charge in [0.15, 0.2) is 0 Å². The van der Waals surface area contributed by atoms with E-state index in [1.807, 2.05) is 12.1 Å². The summed E-state index contributed by atoms with van der Waals surface area (Å²) in [6.07, 6.45) is 2.16. The third kappa shape index (κ3) is 5.45. The number of likely N-dealkylation sites (tertiary alicyclic amines) is 1. The first-order chi connectivity index (χ1) is 18.2. The van der Waals surface area contributed by atoms with Gasteiger partial charge in [-0.1, -0.05) is 12.1 Å². The number of amides is 1. The number of nitrogens with zero attached hydrogens (tertiary/aromatic N) is 2. The lowest BCUT2D eigenvalue weighted by molar-refractivity contribution is -0.143. The number of aliphatic hydroxyl groups excluding tert-OH is 1. The molecule has 0 unspecified atom stereocenters. The van der Waals surface area contributed by atoms with Crippen molar-refractivity contribution in [3.63, 3.8) is 0 Å². The summed E-state index contributed by atoms with van der Waals surface area (Å²) < 4.78 is 45.3. The Morgan fingerprint density at radius 2 is 2.00 bits per heavy atom. The van der Waals surface area contributed by atoms with Gasteiger partial charge in [0.2, 0.25) is 5.91 Å². The van der Waals surface area contributed by atoms with Gasteiger partial charge in [-0.3, -0.25) is 4.79 Å². The van der Waals surface area contributed by atoms with Crippen molar-refractivity contribution >= 4 is 5.91 Å². The molecule has 4 aliphatic rings. The monoisotopic (exact) mass is 533 g/mol. The van der Waals surface area contributed by atoms with Gasteiger partial charge >= 0.3 is 6.18 Å². The number of hydrogen-bond acceptors (Lipinski definition) is 5. The van der Waals surface area contributed by atoms with E-state index >= 15 is 0 Å². The van der Waals surface area contributed by atoms with E-state index in [1.54, 1.807) is 12.0 Å². The number of benzene rings is 1. The third-order valence-electron chi connectivity index (χ3n) is 9.11. The highest BCUT2D eigenvalue weighted by atomic mass is 19.4. The summed E-state index contributed by atoms with van der Waals surface area (Å²) >= 11 is 0. The van der Waals surface area contributed by atoms with Crippen LogP contribution in [0.4, 0.5) is 13.2 Å². The van der Waals surface area contributed by atoms with E-state index in [2.05, 4.69) is 22.3 Å². The second-order valence-electron chi connectivity index (χ2n) is 11.2. The molecule has 1 saturated heterocycles. The molecular formula is C29H38F3N3O3. The van der Waals surface area contributed by atoms with Crippen molar-refractivity contribution in [1.82, 2.24) is 15.1 Å². The third-order valence-corrected chi connectivity index (χ3v) is 9.11. The minimum Gasteiger partial charge on any atom is -0.497 e. The fourth-order valence-electron chi connectivity index (χ4n) is 6.92. The van der Waals surface area contributed by atoms with Crippen LogP contribution in [0.3, 0.4) is 0 Å². The van der Waals surface area contributed by atoms with Gasteiger partial charge in [0.1, 0.15) is 5.75 Å². The molecule has 3 heterocycles. The fraction of sp³-hybridized carbons (Fsp3) is 0.621. The normalized spacial score (nSPS) is 27.1. The molecule has 0 bridgehead atoms. The number of piperidine rings is 1. The number of nitrogens with one attached hydrogen (secondary N) is 1. The summed E-state index contributed by atoms with van der Waals surface area (Å²) in [6.45, 7) is 2.31. The summed E-state index contributed by atoms with van der Waals surface area (Å²) in [4.78, 5) is 18.1. The smallest absolute Gasteiger partial charge is 0.414 e. The first-order valence-electron chi connectivity index (χ1n) is 13.7. The number of methoxy groups -OCH3 is 1. The number of rotatable bonds is 6. The largest absolute Gasteiger partial charge is 0.497 e. The quantitative estimate of drug-likeness (QED) is 0.569. The van der Waals surface area contributed by atoms with E-state index < -0.39 is 17.2 Å². The number of ether oxygens (including phenoxy) is 1. The number of halogens is 3. The van der Waals surface area contributed by atoms with Crippen molar-refractivity contribution < 1.29 is 27.8 Å². The minimum atomic E-state index is -4.38. The van der Waals surface area contributed by atoms with Crippen LogP contribution in [0.1, 0.15) is 56.4 Å². The molecule has 5 rings (SSSR count). The lowest BCUT2D eigenvalue weighted by Crippen LogP contribution is -2.49. The second kappa shape index (κ2) is 10.9. The predicted octanol–water partition coefficient (Wildman–Crippen LogP) is 4.37. The minimum absolute atomic E-state index is 0.0144. The predicted molar refractivity (Wildman–Crippen MR) is 139 cm³/mol. The van der Waals surface area contributed by atoms with Crippen LogP contribution in [0.2, 0.25) is 0 Å². The lowest BCUT2D eigenvalue weighted by atomic mass is 9.80. The van der Waals surface area contributed by atoms with Crippen LogP contribution in [0, 0.1) is 5.41 Å². The Hall–Kier alpha value is -2.52. The molecule has 6 nitrogen and oxygen atoms in total. The molecule has 3 aliphatic heterocycles. The van der Waals surface area contributed by atoms with Crippen LogP contribution in [0.15, 0.2) is 47.2 Å². The van der Waals surface area contributed by atoms with Gasteiger partial charge in [0.05, 0.1) is 18.1 Å². The number of aliphatic hydroxyl groups is 1. The maximum Gasteiger partial charge on any atom is 0.414 e. The average Bonchev–Trinajstić information content (AvgIpc) is 3.37. The Labute approximate surface area is 222 Å². The molecule has 1 aliphatic carbocycles. The highest BCUT2D eigenvalue weighted by molar-refractivity contribution is 5.84. The Bertz CT molecular complexity index is 1090. The topological polar surface area (TPSA) is 65.0 Å². The van der Waals surface area contributed by atoms with E-state index in [1.165, 1.54) is 11.6 Å². The number of carbonyl (C=O) groups is 1. The van der Waals surface area contributed by atoms with Gasteiger partial charge in [-0.2, -0.15) is 13.2 Å². The van der Waals surface area contributed by atoms with Crippen molar-refractivity contribution in [3.05, 3.63) is 52.7 Å². The Morgan fingerprint density at radius 1 is 1.21 bits per heavy atom. The fourth-order valence-corrected chi connectivity index (χ4v) is 6.92. The number of dihydropyridines is 1.